The van der Waals surface area contributed by atoms with Crippen LogP contribution in [0.15, 0.2) is 10.5 Å². The fourth-order valence-corrected chi connectivity index (χ4v) is 3.15. The van der Waals surface area contributed by atoms with Gasteiger partial charge >= 0.3 is 5.97 Å². The topological polar surface area (TPSA) is 134 Å². The predicted octanol–water partition coefficient (Wildman–Crippen LogP) is 3.76. The quantitative estimate of drug-likeness (QED) is 0.195. The molecule has 1 rings (SSSR count). The Morgan fingerprint density at radius 3 is 2.54 bits per heavy atom. The van der Waals surface area contributed by atoms with Gasteiger partial charge in [0.15, 0.2) is 16.5 Å². The molecule has 0 saturated carbocycles. The lowest BCUT2D eigenvalue weighted by atomic mass is 9.95. The Bertz CT molecular complexity index is 742. The number of rotatable bonds is 11. The molecule has 1 N–H and O–H groups in total. The van der Waals surface area contributed by atoms with Gasteiger partial charge in [0.2, 0.25) is 5.91 Å². The largest absolute Gasteiger partial charge is 0.461 e. The summed E-state index contributed by atoms with van der Waals surface area (Å²) in [7, 11) is 0. The SMILES string of the molecule is CCOC(=O)c1csc(C(=O)CC(NC(=O)[C@@H](N=[N+]=[N-])[C@@H](C)CC)C(C)C)n1. The molecular formula is C18H27N5O4S. The zero-order valence-corrected chi connectivity index (χ0v) is 17.7. The van der Waals surface area contributed by atoms with Crippen molar-refractivity contribution >= 4 is 29.0 Å². The molecule has 1 aromatic heterocycles. The van der Waals surface area contributed by atoms with E-state index >= 15 is 0 Å². The third kappa shape index (κ3) is 6.61. The second-order valence-electron chi connectivity index (χ2n) is 6.78. The van der Waals surface area contributed by atoms with E-state index in [-0.39, 0.29) is 41.3 Å². The van der Waals surface area contributed by atoms with E-state index in [9.17, 15) is 14.4 Å². The minimum absolute atomic E-state index is 0.0268. The van der Waals surface area contributed by atoms with Crippen molar-refractivity contribution in [3.8, 4) is 0 Å². The summed E-state index contributed by atoms with van der Waals surface area (Å²) < 4.78 is 4.87. The Labute approximate surface area is 168 Å². The zero-order valence-electron chi connectivity index (χ0n) is 16.8. The Morgan fingerprint density at radius 2 is 2.00 bits per heavy atom. The first-order valence-corrected chi connectivity index (χ1v) is 10.1. The van der Waals surface area contributed by atoms with E-state index in [1.807, 2.05) is 27.7 Å². The van der Waals surface area contributed by atoms with Crippen molar-refractivity contribution in [2.45, 2.75) is 59.5 Å². The highest BCUT2D eigenvalue weighted by atomic mass is 32.1. The van der Waals surface area contributed by atoms with E-state index < -0.39 is 24.0 Å². The monoisotopic (exact) mass is 409 g/mol. The van der Waals surface area contributed by atoms with Crippen molar-refractivity contribution in [2.24, 2.45) is 17.0 Å². The first-order valence-electron chi connectivity index (χ1n) is 9.25. The van der Waals surface area contributed by atoms with Crippen LogP contribution in [0.2, 0.25) is 0 Å². The Morgan fingerprint density at radius 1 is 1.32 bits per heavy atom. The van der Waals surface area contributed by atoms with Crippen LogP contribution in [0.5, 0.6) is 0 Å². The predicted molar refractivity (Wildman–Crippen MR) is 106 cm³/mol. The molecule has 3 atom stereocenters. The van der Waals surface area contributed by atoms with Crippen molar-refractivity contribution in [3.63, 3.8) is 0 Å². The summed E-state index contributed by atoms with van der Waals surface area (Å²) in [5.41, 5.74) is 8.83. The molecule has 0 saturated heterocycles. The van der Waals surface area contributed by atoms with Crippen LogP contribution in [0.4, 0.5) is 0 Å². The number of carbonyl (C=O) groups is 3. The maximum atomic E-state index is 12.6. The highest BCUT2D eigenvalue weighted by molar-refractivity contribution is 7.11. The van der Waals surface area contributed by atoms with Gasteiger partial charge in [0, 0.05) is 22.8 Å². The maximum absolute atomic E-state index is 12.6. The Hall–Kier alpha value is -2.45. The van der Waals surface area contributed by atoms with Crippen LogP contribution in [0.3, 0.4) is 0 Å². The zero-order chi connectivity index (χ0) is 21.3. The number of ether oxygens (including phenoxy) is 1. The summed E-state index contributed by atoms with van der Waals surface area (Å²) in [6, 6.07) is -1.28. The van der Waals surface area contributed by atoms with Crippen molar-refractivity contribution < 1.29 is 19.1 Å². The molecule has 0 aromatic carbocycles. The summed E-state index contributed by atoms with van der Waals surface area (Å²) in [6.07, 6.45) is 0.709. The first-order chi connectivity index (χ1) is 13.2. The Kier molecular flexibility index (Phi) is 9.61. The number of nitrogens with zero attached hydrogens (tertiary/aromatic N) is 4. The van der Waals surface area contributed by atoms with Gasteiger partial charge in [0.05, 0.1) is 6.61 Å². The number of Topliss-reactive ketones (excluding diaryl/α,β-unsaturated/α-hetero) is 1. The van der Waals surface area contributed by atoms with Crippen LogP contribution in [0, 0.1) is 11.8 Å². The summed E-state index contributed by atoms with van der Waals surface area (Å²) in [4.78, 5) is 43.7. The molecule has 0 fully saturated rings. The number of ketones is 1. The minimum Gasteiger partial charge on any atom is -0.461 e. The lowest BCUT2D eigenvalue weighted by molar-refractivity contribution is -0.124. The van der Waals surface area contributed by atoms with Gasteiger partial charge in [0.25, 0.3) is 0 Å². The van der Waals surface area contributed by atoms with Crippen LogP contribution in [0.25, 0.3) is 10.4 Å². The van der Waals surface area contributed by atoms with Crippen LogP contribution < -0.4 is 5.32 Å². The van der Waals surface area contributed by atoms with Crippen LogP contribution >= 0.6 is 11.3 Å². The van der Waals surface area contributed by atoms with E-state index in [1.165, 1.54) is 5.38 Å². The number of thiazole rings is 1. The van der Waals surface area contributed by atoms with E-state index in [0.717, 1.165) is 11.3 Å². The van der Waals surface area contributed by atoms with Crippen LogP contribution in [0.1, 0.15) is 67.8 Å². The molecule has 1 amide bonds. The molecule has 0 aliphatic heterocycles. The van der Waals surface area contributed by atoms with Crippen molar-refractivity contribution in [1.82, 2.24) is 10.3 Å². The third-order valence-electron chi connectivity index (χ3n) is 4.39. The molecular weight excluding hydrogens is 382 g/mol. The van der Waals surface area contributed by atoms with E-state index in [0.29, 0.717) is 6.42 Å². The molecule has 0 aliphatic rings. The van der Waals surface area contributed by atoms with Crippen LogP contribution in [-0.4, -0.2) is 41.3 Å². The highest BCUT2D eigenvalue weighted by Gasteiger charge is 2.28. The second-order valence-corrected chi connectivity index (χ2v) is 7.64. The number of nitrogens with one attached hydrogen (secondary N) is 1. The minimum atomic E-state index is -0.832. The molecule has 10 heteroatoms. The fraction of sp³-hybridized carbons (Fsp3) is 0.667. The van der Waals surface area contributed by atoms with Gasteiger partial charge in [-0.2, -0.15) is 0 Å². The number of aromatic nitrogens is 1. The van der Waals surface area contributed by atoms with Gasteiger partial charge in [-0.05, 0) is 24.3 Å². The Balaban J connectivity index is 2.87. The van der Waals surface area contributed by atoms with Crippen molar-refractivity contribution in [2.75, 3.05) is 6.61 Å². The van der Waals surface area contributed by atoms with E-state index in [1.54, 1.807) is 6.92 Å². The first kappa shape index (κ1) is 23.6. The van der Waals surface area contributed by atoms with E-state index in [4.69, 9.17) is 10.3 Å². The normalized spacial score (nSPS) is 13.9. The molecule has 0 radical (unpaired) electrons. The molecule has 9 nitrogen and oxygen atoms in total. The van der Waals surface area contributed by atoms with Gasteiger partial charge in [0.1, 0.15) is 6.04 Å². The summed E-state index contributed by atoms with van der Waals surface area (Å²) in [5, 5.41) is 8.11. The summed E-state index contributed by atoms with van der Waals surface area (Å²) >= 11 is 1.07. The van der Waals surface area contributed by atoms with Gasteiger partial charge in [-0.25, -0.2) is 9.78 Å². The van der Waals surface area contributed by atoms with E-state index in [2.05, 4.69) is 20.3 Å². The number of azide groups is 1. The molecule has 28 heavy (non-hydrogen) atoms. The molecule has 0 bridgehead atoms. The number of hydrogen-bond donors (Lipinski definition) is 1. The van der Waals surface area contributed by atoms with Gasteiger partial charge in [-0.1, -0.05) is 39.2 Å². The lowest BCUT2D eigenvalue weighted by Gasteiger charge is -2.25. The fourth-order valence-electron chi connectivity index (χ4n) is 2.41. The average molecular weight is 410 g/mol. The number of esters is 1. The molecule has 0 aliphatic carbocycles. The molecule has 1 unspecified atom stereocenters. The summed E-state index contributed by atoms with van der Waals surface area (Å²) in [6.45, 7) is 9.43. The number of hydrogen-bond acceptors (Lipinski definition) is 7. The number of carbonyl (C=O) groups excluding carboxylic acids is 3. The molecule has 0 spiro atoms. The van der Waals surface area contributed by atoms with Gasteiger partial charge in [-0.3, -0.25) is 9.59 Å². The maximum Gasteiger partial charge on any atom is 0.357 e. The van der Waals surface area contributed by atoms with Crippen LogP contribution in [-0.2, 0) is 9.53 Å². The van der Waals surface area contributed by atoms with Gasteiger partial charge < -0.3 is 10.1 Å². The van der Waals surface area contributed by atoms with Crippen molar-refractivity contribution in [1.29, 1.82) is 0 Å². The van der Waals surface area contributed by atoms with Crippen molar-refractivity contribution in [3.05, 3.63) is 26.5 Å². The highest BCUT2D eigenvalue weighted by Crippen LogP contribution is 2.18. The number of amides is 1. The van der Waals surface area contributed by atoms with Gasteiger partial charge in [-0.15, -0.1) is 11.3 Å². The molecule has 154 valence electrons. The lowest BCUT2D eigenvalue weighted by Crippen LogP contribution is -2.46. The molecule has 1 heterocycles. The molecule has 1 aromatic rings. The average Bonchev–Trinajstić information content (AvgIpc) is 3.15. The summed E-state index contributed by atoms with van der Waals surface area (Å²) in [5.74, 6) is -1.39. The standard InChI is InChI=1S/C18H27N5O4S/c1-6-11(5)15(22-23-19)16(25)20-12(10(3)4)8-14(24)17-21-13(9-28-17)18(26)27-7-2/h9-12,15H,6-8H2,1-5H3,(H,20,25)/t11-,12?,15-/m0/s1. The second kappa shape index (κ2) is 11.4. The smallest absolute Gasteiger partial charge is 0.357 e. The third-order valence-corrected chi connectivity index (χ3v) is 5.28.